The summed E-state index contributed by atoms with van der Waals surface area (Å²) >= 11 is 0. The Labute approximate surface area is 363 Å². The van der Waals surface area contributed by atoms with Crippen LogP contribution in [0.25, 0.3) is 0 Å². The number of anilines is 1. The first-order valence-corrected chi connectivity index (χ1v) is 21.6. The molecule has 2 saturated heterocycles. The number of aromatic nitrogens is 2. The van der Waals surface area contributed by atoms with E-state index in [1.807, 2.05) is 84.9 Å². The summed E-state index contributed by atoms with van der Waals surface area (Å²) in [6, 6.07) is 37.8. The number of amides is 1. The quantitative estimate of drug-likeness (QED) is 0.0488. The van der Waals surface area contributed by atoms with E-state index in [1.165, 1.54) is 10.8 Å². The van der Waals surface area contributed by atoms with Crippen molar-refractivity contribution >= 4 is 20.3 Å². The van der Waals surface area contributed by atoms with E-state index in [0.29, 0.717) is 17.1 Å². The molecular weight excluding hydrogens is 810 g/mol. The highest BCUT2D eigenvalue weighted by molar-refractivity contribution is 7.44. The Morgan fingerprint density at radius 3 is 2.03 bits per heavy atom. The number of hydrogen-bond acceptors (Lipinski definition) is 12. The molecule has 5 aromatic rings. The minimum atomic E-state index is -1.80. The molecule has 4 aromatic carbocycles. The normalized spacial score (nSPS) is 20.0. The van der Waals surface area contributed by atoms with Crippen LogP contribution < -0.4 is 20.5 Å². The third-order valence-electron chi connectivity index (χ3n) is 10.9. The lowest BCUT2D eigenvalue weighted by atomic mass is 9.79. The molecule has 3 unspecified atom stereocenters. The summed E-state index contributed by atoms with van der Waals surface area (Å²) in [7, 11) is 1.45. The summed E-state index contributed by atoms with van der Waals surface area (Å²) in [4.78, 5) is 31.1. The van der Waals surface area contributed by atoms with E-state index in [1.54, 1.807) is 44.6 Å². The summed E-state index contributed by atoms with van der Waals surface area (Å²) in [5, 5.41) is 12.2. The number of rotatable bonds is 19. The number of methoxy groups -OCH3 is 2. The summed E-state index contributed by atoms with van der Waals surface area (Å²) in [5.74, 6) is 1.04. The molecule has 1 amide bonds. The number of nitrogens with one attached hydrogen (secondary N) is 1. The van der Waals surface area contributed by atoms with Crippen molar-refractivity contribution in [2.75, 3.05) is 39.4 Å². The summed E-state index contributed by atoms with van der Waals surface area (Å²) in [5.41, 5.74) is -0.286. The lowest BCUT2D eigenvalue weighted by Gasteiger charge is -2.41. The van der Waals surface area contributed by atoms with Crippen LogP contribution in [0.4, 0.5) is 5.82 Å². The summed E-state index contributed by atoms with van der Waals surface area (Å²) < 4.78 is 49.1. The average Bonchev–Trinajstić information content (AvgIpc) is 3.78. The van der Waals surface area contributed by atoms with Crippen LogP contribution in [0.1, 0.15) is 67.4 Å². The first-order chi connectivity index (χ1) is 30.0. The number of carbonyl (C=O) groups excluding carboxylic acids is 1. The molecule has 3 heterocycles. The zero-order chi connectivity index (χ0) is 43.9. The predicted octanol–water partition coefficient (Wildman–Crippen LogP) is 7.85. The fourth-order valence-electron chi connectivity index (χ4n) is 8.03. The Kier molecular flexibility index (Phi) is 14.2. The van der Waals surface area contributed by atoms with Crippen LogP contribution >= 0.6 is 8.53 Å². The third kappa shape index (κ3) is 9.16. The monoisotopic (exact) mass is 861 g/mol. The first kappa shape index (κ1) is 44.6. The van der Waals surface area contributed by atoms with Crippen LogP contribution in [0.2, 0.25) is 0 Å². The van der Waals surface area contributed by atoms with Crippen molar-refractivity contribution in [1.29, 1.82) is 5.26 Å². The van der Waals surface area contributed by atoms with Gasteiger partial charge in [-0.25, -0.2) is 9.46 Å². The van der Waals surface area contributed by atoms with Gasteiger partial charge >= 0.3 is 5.69 Å². The van der Waals surface area contributed by atoms with E-state index in [-0.39, 0.29) is 44.1 Å². The molecule has 7 rings (SSSR count). The minimum absolute atomic E-state index is 0.00780. The molecule has 2 fully saturated rings. The van der Waals surface area contributed by atoms with Gasteiger partial charge < -0.3 is 38.0 Å². The van der Waals surface area contributed by atoms with Gasteiger partial charge in [-0.1, -0.05) is 72.8 Å². The molecule has 2 aliphatic rings. The van der Waals surface area contributed by atoms with Gasteiger partial charge in [-0.15, -0.1) is 0 Å². The lowest BCUT2D eigenvalue weighted by molar-refractivity contribution is -0.203. The Balaban J connectivity index is 1.31. The van der Waals surface area contributed by atoms with Crippen molar-refractivity contribution in [2.45, 2.75) is 75.8 Å². The van der Waals surface area contributed by atoms with E-state index in [9.17, 15) is 14.9 Å². The van der Waals surface area contributed by atoms with Gasteiger partial charge in [-0.2, -0.15) is 10.2 Å². The van der Waals surface area contributed by atoms with Crippen LogP contribution in [0.15, 0.2) is 126 Å². The average molecular weight is 862 g/mol. The number of carbonyl (C=O) groups is 1. The molecule has 2 bridgehead atoms. The van der Waals surface area contributed by atoms with E-state index in [4.69, 9.17) is 32.7 Å². The Morgan fingerprint density at radius 1 is 0.903 bits per heavy atom. The van der Waals surface area contributed by atoms with Crippen molar-refractivity contribution in [3.63, 3.8) is 0 Å². The topological polar surface area (TPSA) is 156 Å². The van der Waals surface area contributed by atoms with Crippen molar-refractivity contribution < 1.29 is 37.5 Å². The van der Waals surface area contributed by atoms with E-state index in [2.05, 4.69) is 48.7 Å². The number of hydrogen-bond donors (Lipinski definition) is 1. The van der Waals surface area contributed by atoms with Gasteiger partial charge in [0, 0.05) is 23.8 Å². The highest BCUT2D eigenvalue weighted by atomic mass is 31.2. The van der Waals surface area contributed by atoms with Crippen molar-refractivity contribution in [3.05, 3.63) is 154 Å². The Hall–Kier alpha value is -5.49. The summed E-state index contributed by atoms with van der Waals surface area (Å²) in [6.45, 7) is 8.38. The number of fused-ring (bicyclic) bond motifs is 2. The number of benzene rings is 4. The second kappa shape index (κ2) is 19.7. The van der Waals surface area contributed by atoms with Gasteiger partial charge in [0.25, 0.3) is 14.4 Å². The van der Waals surface area contributed by atoms with Crippen LogP contribution in [0.5, 0.6) is 11.5 Å². The zero-order valence-corrected chi connectivity index (χ0v) is 36.6. The van der Waals surface area contributed by atoms with E-state index >= 15 is 0 Å². The van der Waals surface area contributed by atoms with Crippen molar-refractivity contribution in [3.8, 4) is 17.6 Å². The van der Waals surface area contributed by atoms with E-state index < -0.39 is 49.8 Å². The zero-order valence-electron chi connectivity index (χ0n) is 35.7. The maximum Gasteiger partial charge on any atom is 0.351 e. The first-order valence-electron chi connectivity index (χ1n) is 20.5. The molecule has 0 radical (unpaired) electrons. The van der Waals surface area contributed by atoms with Gasteiger partial charge in [0.1, 0.15) is 40.7 Å². The fraction of sp³-hybridized carbons (Fsp3) is 0.362. The highest BCUT2D eigenvalue weighted by Gasteiger charge is 2.65. The molecular formula is C47H52N5O9P. The molecule has 14 nitrogen and oxygen atoms in total. The lowest BCUT2D eigenvalue weighted by Crippen LogP contribution is -2.49. The van der Waals surface area contributed by atoms with Gasteiger partial charge in [-0.05, 0) is 86.8 Å². The van der Waals surface area contributed by atoms with Crippen LogP contribution in [-0.2, 0) is 28.9 Å². The second-order valence-electron chi connectivity index (χ2n) is 15.5. The maximum atomic E-state index is 13.9. The highest BCUT2D eigenvalue weighted by Crippen LogP contribution is 2.56. The smallest absolute Gasteiger partial charge is 0.351 e. The Bertz CT molecular complexity index is 2310. The van der Waals surface area contributed by atoms with Crippen molar-refractivity contribution in [1.82, 2.24) is 14.2 Å². The molecule has 15 heteroatoms. The third-order valence-corrected chi connectivity index (χ3v) is 13.0. The number of ether oxygens (including phenoxy) is 5. The van der Waals surface area contributed by atoms with E-state index in [0.717, 1.165) is 16.7 Å². The van der Waals surface area contributed by atoms with Crippen LogP contribution in [-0.4, -0.2) is 84.1 Å². The largest absolute Gasteiger partial charge is 0.497 e. The molecule has 1 N–H and O–H groups in total. The molecule has 0 saturated carbocycles. The van der Waals surface area contributed by atoms with Crippen LogP contribution in [0.3, 0.4) is 0 Å². The fourth-order valence-corrected chi connectivity index (χ4v) is 9.84. The molecule has 62 heavy (non-hydrogen) atoms. The number of nitrogens with zero attached hydrogens (tertiary/aromatic N) is 4. The number of nitriles is 1. The standard InChI is InChI=1S/C47H52N5O9P/c1-32(2)52(33(3)4)62(59-29-13-27-48)61-42-41-44(51-28-26-40(50-45(51)54)49-43(53)34-14-9-7-10-15-34)60-46(42,30-57-41)31-58-47(35-16-11-8-12-17-35,36-18-22-38(55-5)23-19-36)37-20-24-39(56-6)25-21-37/h7-12,14-26,28,32-33,41-42,44H,13,29-31H2,1-6H3,(H,49,50,53,54)/t41-,42?,44?,46+,62?/m0/s1. The summed E-state index contributed by atoms with van der Waals surface area (Å²) in [6.07, 6.45) is -0.958. The molecule has 5 atom stereocenters. The van der Waals surface area contributed by atoms with Gasteiger partial charge in [0.15, 0.2) is 6.23 Å². The van der Waals surface area contributed by atoms with Crippen LogP contribution in [0, 0.1) is 11.3 Å². The second-order valence-corrected chi connectivity index (χ2v) is 16.9. The van der Waals surface area contributed by atoms with Crippen molar-refractivity contribution in [2.24, 2.45) is 0 Å². The van der Waals surface area contributed by atoms with Gasteiger partial charge in [0.05, 0.1) is 46.5 Å². The molecule has 0 spiro atoms. The molecule has 2 aliphatic heterocycles. The van der Waals surface area contributed by atoms with Gasteiger partial charge in [-0.3, -0.25) is 9.36 Å². The maximum absolute atomic E-state index is 13.9. The predicted molar refractivity (Wildman–Crippen MR) is 234 cm³/mol. The molecule has 0 aliphatic carbocycles. The SMILES string of the molecule is COc1ccc(C(OC[C@@]23CO[C@H](C(n4ccc(NC(=O)c5ccccc5)nc4=O)O2)C3OP(OCCC#N)N(C(C)C)C(C)C)(c2ccccc2)c2ccc(OC)cc2)cc1. The molecule has 1 aromatic heterocycles. The molecule has 324 valence electrons. The minimum Gasteiger partial charge on any atom is -0.497 e. The Morgan fingerprint density at radius 2 is 1.48 bits per heavy atom. The van der Waals surface area contributed by atoms with Gasteiger partial charge in [0.2, 0.25) is 0 Å².